The van der Waals surface area contributed by atoms with Crippen LogP contribution in [0.2, 0.25) is 0 Å². The summed E-state index contributed by atoms with van der Waals surface area (Å²) in [6.07, 6.45) is 12.0. The lowest BCUT2D eigenvalue weighted by Gasteiger charge is -2.10. The van der Waals surface area contributed by atoms with Crippen LogP contribution in [-0.2, 0) is 0 Å². The molecule has 0 bridgehead atoms. The van der Waals surface area contributed by atoms with Crippen molar-refractivity contribution >= 4 is 5.97 Å². The number of esters is 1. The summed E-state index contributed by atoms with van der Waals surface area (Å²) in [6.45, 7) is 7.42. The average molecular weight is 449 g/mol. The van der Waals surface area contributed by atoms with E-state index >= 15 is 0 Å². The Morgan fingerprint density at radius 3 is 2.21 bits per heavy atom. The molecular weight excluding hydrogens is 408 g/mol. The minimum absolute atomic E-state index is 0.371. The Labute approximate surface area is 200 Å². The van der Waals surface area contributed by atoms with E-state index in [2.05, 4.69) is 32.6 Å². The first-order chi connectivity index (χ1) is 16.1. The quantitative estimate of drug-likeness (QED) is 0.126. The largest absolute Gasteiger partial charge is 0.494 e. The molecule has 3 nitrogen and oxygen atoms in total. The van der Waals surface area contributed by atoms with Crippen molar-refractivity contribution in [3.8, 4) is 23.3 Å². The molecule has 0 saturated heterocycles. The summed E-state index contributed by atoms with van der Waals surface area (Å²) in [5, 5.41) is 0. The van der Waals surface area contributed by atoms with Gasteiger partial charge in [-0.15, -0.1) is 0 Å². The van der Waals surface area contributed by atoms with Crippen LogP contribution < -0.4 is 9.47 Å². The Morgan fingerprint density at radius 2 is 1.52 bits per heavy atom. The van der Waals surface area contributed by atoms with Crippen LogP contribution in [-0.4, -0.2) is 12.6 Å². The summed E-state index contributed by atoms with van der Waals surface area (Å²) in [5.41, 5.74) is 1.44. The van der Waals surface area contributed by atoms with Gasteiger partial charge in [0.1, 0.15) is 11.5 Å². The second-order valence-electron chi connectivity index (χ2n) is 8.76. The highest BCUT2D eigenvalue weighted by Crippen LogP contribution is 2.20. The van der Waals surface area contributed by atoms with Crippen LogP contribution in [0.15, 0.2) is 48.5 Å². The number of benzene rings is 2. The Bertz CT molecular complexity index is 856. The fourth-order valence-electron chi connectivity index (χ4n) is 3.44. The van der Waals surface area contributed by atoms with Crippen LogP contribution >= 0.6 is 0 Å². The van der Waals surface area contributed by atoms with Crippen molar-refractivity contribution in [1.82, 2.24) is 0 Å². The lowest BCUT2D eigenvalue weighted by Crippen LogP contribution is -2.08. The molecule has 0 aromatic heterocycles. The fraction of sp³-hybridized carbons (Fsp3) is 0.500. The van der Waals surface area contributed by atoms with Crippen LogP contribution in [0.25, 0.3) is 0 Å². The van der Waals surface area contributed by atoms with Crippen LogP contribution in [0.3, 0.4) is 0 Å². The molecule has 0 spiro atoms. The van der Waals surface area contributed by atoms with Gasteiger partial charge in [0.05, 0.1) is 12.2 Å². The molecule has 0 aliphatic carbocycles. The zero-order valence-electron chi connectivity index (χ0n) is 20.7. The molecule has 1 atom stereocenters. The minimum atomic E-state index is -0.371. The van der Waals surface area contributed by atoms with E-state index in [9.17, 15) is 4.79 Å². The van der Waals surface area contributed by atoms with Crippen LogP contribution in [0.4, 0.5) is 0 Å². The highest BCUT2D eigenvalue weighted by molar-refractivity contribution is 5.91. The van der Waals surface area contributed by atoms with Crippen LogP contribution in [0.5, 0.6) is 11.5 Å². The van der Waals surface area contributed by atoms with E-state index in [0.717, 1.165) is 36.5 Å². The second kappa shape index (κ2) is 16.0. The predicted molar refractivity (Wildman–Crippen MR) is 137 cm³/mol. The number of hydrogen-bond acceptors (Lipinski definition) is 3. The van der Waals surface area contributed by atoms with Gasteiger partial charge in [0.2, 0.25) is 0 Å². The maximum Gasteiger partial charge on any atom is 0.343 e. The molecule has 33 heavy (non-hydrogen) atoms. The van der Waals surface area contributed by atoms with E-state index in [1.54, 1.807) is 24.3 Å². The van der Waals surface area contributed by atoms with Crippen molar-refractivity contribution in [2.75, 3.05) is 6.61 Å². The summed E-state index contributed by atoms with van der Waals surface area (Å²) < 4.78 is 11.3. The lowest BCUT2D eigenvalue weighted by molar-refractivity contribution is 0.0734. The summed E-state index contributed by atoms with van der Waals surface area (Å²) in [7, 11) is 0. The molecule has 0 fully saturated rings. The molecule has 2 aromatic rings. The van der Waals surface area contributed by atoms with E-state index in [0.29, 0.717) is 17.9 Å². The second-order valence-corrected chi connectivity index (χ2v) is 8.76. The normalized spacial score (nSPS) is 11.4. The number of ether oxygens (including phenoxy) is 2. The van der Waals surface area contributed by atoms with E-state index in [-0.39, 0.29) is 5.97 Å². The van der Waals surface area contributed by atoms with Crippen molar-refractivity contribution in [3.05, 3.63) is 59.7 Å². The highest BCUT2D eigenvalue weighted by atomic mass is 16.5. The van der Waals surface area contributed by atoms with E-state index in [1.807, 2.05) is 24.3 Å². The molecule has 0 heterocycles. The van der Waals surface area contributed by atoms with Crippen molar-refractivity contribution in [2.45, 2.75) is 85.0 Å². The first-order valence-corrected chi connectivity index (χ1v) is 12.7. The van der Waals surface area contributed by atoms with E-state index in [1.165, 1.54) is 44.9 Å². The summed E-state index contributed by atoms with van der Waals surface area (Å²) in [4.78, 5) is 12.4. The molecule has 178 valence electrons. The number of carbonyl (C=O) groups excluding carboxylic acids is 1. The predicted octanol–water partition coefficient (Wildman–Crippen LogP) is 8.21. The first kappa shape index (κ1) is 26.5. The topological polar surface area (TPSA) is 35.5 Å². The molecule has 3 heteroatoms. The highest BCUT2D eigenvalue weighted by Gasteiger charge is 2.08. The third-order valence-corrected chi connectivity index (χ3v) is 5.85. The molecule has 0 N–H and O–H groups in total. The van der Waals surface area contributed by atoms with Crippen LogP contribution in [0.1, 0.15) is 101 Å². The number of carbonyl (C=O) groups is 1. The Morgan fingerprint density at radius 1 is 0.848 bits per heavy atom. The third-order valence-electron chi connectivity index (χ3n) is 5.85. The molecule has 0 saturated carbocycles. The average Bonchev–Trinajstić information content (AvgIpc) is 2.84. The van der Waals surface area contributed by atoms with Gasteiger partial charge in [-0.1, -0.05) is 71.1 Å². The molecule has 0 radical (unpaired) electrons. The maximum absolute atomic E-state index is 12.4. The van der Waals surface area contributed by atoms with Gasteiger partial charge in [-0.25, -0.2) is 4.79 Å². The van der Waals surface area contributed by atoms with Gasteiger partial charge in [0, 0.05) is 12.0 Å². The number of unbranched alkanes of at least 4 members (excludes halogenated alkanes) is 6. The Hall–Kier alpha value is -2.73. The van der Waals surface area contributed by atoms with Crippen molar-refractivity contribution in [2.24, 2.45) is 5.92 Å². The van der Waals surface area contributed by atoms with Gasteiger partial charge in [-0.2, -0.15) is 0 Å². The Kier molecular flexibility index (Phi) is 12.8. The molecule has 1 unspecified atom stereocenters. The standard InChI is InChI=1S/C30H40O3/c1-4-6-7-8-9-10-11-12-15-26-16-18-27(19-17-26)30(31)33-29-22-20-28(21-23-29)32-24-13-14-25(3)5-2/h16-23,25H,4-11,13-14,24H2,1-3H3. The molecule has 0 aliphatic heterocycles. The minimum Gasteiger partial charge on any atom is -0.494 e. The molecular formula is C30H40O3. The first-order valence-electron chi connectivity index (χ1n) is 12.7. The van der Waals surface area contributed by atoms with Crippen molar-refractivity contribution in [3.63, 3.8) is 0 Å². The zero-order chi connectivity index (χ0) is 23.7. The molecule has 0 amide bonds. The summed E-state index contributed by atoms with van der Waals surface area (Å²) >= 11 is 0. The van der Waals surface area contributed by atoms with Gasteiger partial charge in [-0.05, 0) is 73.7 Å². The lowest BCUT2D eigenvalue weighted by atomic mass is 10.0. The van der Waals surface area contributed by atoms with Gasteiger partial charge in [0.25, 0.3) is 0 Å². The molecule has 2 aromatic carbocycles. The maximum atomic E-state index is 12.4. The summed E-state index contributed by atoms with van der Waals surface area (Å²) in [6, 6.07) is 14.5. The zero-order valence-corrected chi connectivity index (χ0v) is 20.7. The smallest absolute Gasteiger partial charge is 0.343 e. The SMILES string of the molecule is CCCCCCCCC#Cc1ccc(C(=O)Oc2ccc(OCCCC(C)CC)cc2)cc1. The fourth-order valence-corrected chi connectivity index (χ4v) is 3.44. The molecule has 0 aliphatic rings. The van der Waals surface area contributed by atoms with Gasteiger partial charge < -0.3 is 9.47 Å². The summed E-state index contributed by atoms with van der Waals surface area (Å²) in [5.74, 6) is 8.09. The van der Waals surface area contributed by atoms with Crippen molar-refractivity contribution < 1.29 is 14.3 Å². The van der Waals surface area contributed by atoms with E-state index in [4.69, 9.17) is 9.47 Å². The van der Waals surface area contributed by atoms with Gasteiger partial charge in [0.15, 0.2) is 0 Å². The number of hydrogen-bond donors (Lipinski definition) is 0. The van der Waals surface area contributed by atoms with E-state index < -0.39 is 0 Å². The monoisotopic (exact) mass is 448 g/mol. The Balaban J connectivity index is 1.73. The molecule has 2 rings (SSSR count). The number of rotatable bonds is 14. The van der Waals surface area contributed by atoms with Crippen LogP contribution in [0, 0.1) is 17.8 Å². The third kappa shape index (κ3) is 11.1. The van der Waals surface area contributed by atoms with Gasteiger partial charge >= 0.3 is 5.97 Å². The van der Waals surface area contributed by atoms with Gasteiger partial charge in [-0.3, -0.25) is 0 Å². The van der Waals surface area contributed by atoms with Crippen molar-refractivity contribution in [1.29, 1.82) is 0 Å².